The second-order valence-corrected chi connectivity index (χ2v) is 7.51. The number of unbranched alkanes of at least 4 members (excludes halogenated alkanes) is 1. The van der Waals surface area contributed by atoms with E-state index < -0.39 is 0 Å². The maximum atomic E-state index is 12.9. The third kappa shape index (κ3) is 4.55. The van der Waals surface area contributed by atoms with Gasteiger partial charge in [0.15, 0.2) is 11.6 Å². The van der Waals surface area contributed by atoms with Crippen molar-refractivity contribution in [3.8, 4) is 0 Å². The molecule has 2 heterocycles. The molecule has 0 bridgehead atoms. The monoisotopic (exact) mass is 396 g/mol. The summed E-state index contributed by atoms with van der Waals surface area (Å²) < 4.78 is 1.87. The number of carbonyl (C=O) groups excluding carboxylic acids is 3. The zero-order valence-corrected chi connectivity index (χ0v) is 17.3. The Hall–Kier alpha value is -2.96. The van der Waals surface area contributed by atoms with Crippen LogP contribution in [0.25, 0.3) is 0 Å². The number of hydrogen-bond acceptors (Lipinski definition) is 4. The molecular weight excluding hydrogens is 368 g/mol. The number of ketones is 1. The van der Waals surface area contributed by atoms with Crippen molar-refractivity contribution in [2.45, 2.75) is 52.5 Å². The Kier molecular flexibility index (Phi) is 6.46. The molecule has 7 heteroatoms. The average molecular weight is 396 g/mol. The lowest BCUT2D eigenvalue weighted by molar-refractivity contribution is 0.0786. The molecule has 0 radical (unpaired) electrons. The summed E-state index contributed by atoms with van der Waals surface area (Å²) in [5.41, 5.74) is 2.28. The lowest BCUT2D eigenvalue weighted by Gasteiger charge is -2.19. The Morgan fingerprint density at radius 1 is 1.24 bits per heavy atom. The van der Waals surface area contributed by atoms with Crippen LogP contribution in [0.15, 0.2) is 24.3 Å². The van der Waals surface area contributed by atoms with E-state index in [1.807, 2.05) is 4.57 Å². The number of amides is 2. The van der Waals surface area contributed by atoms with E-state index in [9.17, 15) is 14.4 Å². The van der Waals surface area contributed by atoms with Gasteiger partial charge in [-0.15, -0.1) is 0 Å². The molecular formula is C22H28N4O3. The number of hydrogen-bond donors (Lipinski definition) is 1. The normalized spacial score (nSPS) is 12.9. The third-order valence-electron chi connectivity index (χ3n) is 5.24. The molecule has 0 aliphatic carbocycles. The van der Waals surface area contributed by atoms with Crippen LogP contribution >= 0.6 is 0 Å². The molecule has 0 fully saturated rings. The van der Waals surface area contributed by atoms with Gasteiger partial charge >= 0.3 is 0 Å². The highest BCUT2D eigenvalue weighted by atomic mass is 16.2. The van der Waals surface area contributed by atoms with Gasteiger partial charge in [0.1, 0.15) is 5.69 Å². The molecule has 0 unspecified atom stereocenters. The van der Waals surface area contributed by atoms with Crippen molar-refractivity contribution in [3.63, 3.8) is 0 Å². The summed E-state index contributed by atoms with van der Waals surface area (Å²) in [4.78, 5) is 43.6. The Morgan fingerprint density at radius 2 is 2.03 bits per heavy atom. The largest absolute Gasteiger partial charge is 0.340 e. The van der Waals surface area contributed by atoms with Gasteiger partial charge in [-0.1, -0.05) is 25.5 Å². The van der Waals surface area contributed by atoms with Crippen molar-refractivity contribution in [2.24, 2.45) is 0 Å². The number of imidazole rings is 1. The minimum Gasteiger partial charge on any atom is -0.340 e. The molecule has 1 aliphatic heterocycles. The highest BCUT2D eigenvalue weighted by Gasteiger charge is 2.28. The van der Waals surface area contributed by atoms with Crippen LogP contribution in [-0.4, -0.2) is 45.6 Å². The van der Waals surface area contributed by atoms with Gasteiger partial charge in [0, 0.05) is 31.4 Å². The summed E-state index contributed by atoms with van der Waals surface area (Å²) in [6.45, 7) is 4.91. The van der Waals surface area contributed by atoms with Crippen LogP contribution in [-0.2, 0) is 13.0 Å². The summed E-state index contributed by atoms with van der Waals surface area (Å²) in [5, 5.41) is 2.82. The minimum absolute atomic E-state index is 0.0673. The second-order valence-electron chi connectivity index (χ2n) is 7.51. The van der Waals surface area contributed by atoms with Crippen LogP contribution in [0.5, 0.6) is 0 Å². The lowest BCUT2D eigenvalue weighted by Crippen LogP contribution is -2.29. The molecule has 154 valence electrons. The molecule has 29 heavy (non-hydrogen) atoms. The number of Topliss-reactive ketones (excluding diaryl/α,β-unsaturated/α-hetero) is 1. The third-order valence-corrected chi connectivity index (χ3v) is 5.24. The van der Waals surface area contributed by atoms with Crippen molar-refractivity contribution in [2.75, 3.05) is 18.9 Å². The molecule has 3 rings (SSSR count). The number of anilines is 1. The van der Waals surface area contributed by atoms with Gasteiger partial charge in [0.2, 0.25) is 0 Å². The molecule has 0 saturated heterocycles. The number of nitrogens with zero attached hydrogens (tertiary/aromatic N) is 3. The predicted octanol–water partition coefficient (Wildman–Crippen LogP) is 3.55. The smallest absolute Gasteiger partial charge is 0.291 e. The quantitative estimate of drug-likeness (QED) is 0.726. The molecule has 0 saturated carbocycles. The Bertz CT molecular complexity index is 932. The SMILES string of the molecule is CCCCN(C)C(=O)c1nc(C(=O)Nc2cccc(C(C)=O)c2)n2c1CCCC2. The highest BCUT2D eigenvalue weighted by molar-refractivity contribution is 6.04. The fourth-order valence-corrected chi connectivity index (χ4v) is 3.57. The zero-order chi connectivity index (χ0) is 21.0. The van der Waals surface area contributed by atoms with Crippen molar-refractivity contribution in [1.82, 2.24) is 14.5 Å². The molecule has 2 amide bonds. The van der Waals surface area contributed by atoms with E-state index in [0.29, 0.717) is 30.0 Å². The Morgan fingerprint density at radius 3 is 2.76 bits per heavy atom. The molecule has 0 atom stereocenters. The van der Waals surface area contributed by atoms with Crippen LogP contribution in [0.1, 0.15) is 76.7 Å². The van der Waals surface area contributed by atoms with Crippen LogP contribution in [0, 0.1) is 0 Å². The Labute approximate surface area is 171 Å². The van der Waals surface area contributed by atoms with Crippen molar-refractivity contribution >= 4 is 23.3 Å². The summed E-state index contributed by atoms with van der Waals surface area (Å²) in [5.74, 6) is -0.326. The van der Waals surface area contributed by atoms with E-state index in [4.69, 9.17) is 0 Å². The van der Waals surface area contributed by atoms with E-state index in [-0.39, 0.29) is 23.4 Å². The van der Waals surface area contributed by atoms with Gasteiger partial charge in [-0.25, -0.2) is 4.98 Å². The Balaban J connectivity index is 1.88. The first-order valence-corrected chi connectivity index (χ1v) is 10.2. The van der Waals surface area contributed by atoms with Gasteiger partial charge in [-0.2, -0.15) is 0 Å². The molecule has 0 spiro atoms. The zero-order valence-electron chi connectivity index (χ0n) is 17.3. The molecule has 1 N–H and O–H groups in total. The van der Waals surface area contributed by atoms with Gasteiger partial charge < -0.3 is 14.8 Å². The standard InChI is InChI=1S/C22H28N4O3/c1-4-5-12-25(3)22(29)19-18-11-6-7-13-26(18)20(24-19)21(28)23-17-10-8-9-16(14-17)15(2)27/h8-10,14H,4-7,11-13H2,1-3H3,(H,23,28). The summed E-state index contributed by atoms with van der Waals surface area (Å²) in [6.07, 6.45) is 4.60. The summed E-state index contributed by atoms with van der Waals surface area (Å²) >= 11 is 0. The van der Waals surface area contributed by atoms with Gasteiger partial charge in [-0.05, 0) is 44.7 Å². The van der Waals surface area contributed by atoms with Crippen LogP contribution in [0.2, 0.25) is 0 Å². The minimum atomic E-state index is -0.371. The maximum absolute atomic E-state index is 12.9. The first kappa shape index (κ1) is 20.8. The van der Waals surface area contributed by atoms with E-state index >= 15 is 0 Å². The number of rotatable bonds is 7. The summed E-state index contributed by atoms with van der Waals surface area (Å²) in [6, 6.07) is 6.81. The topological polar surface area (TPSA) is 84.3 Å². The lowest BCUT2D eigenvalue weighted by atomic mass is 10.1. The van der Waals surface area contributed by atoms with Crippen LogP contribution < -0.4 is 5.32 Å². The van der Waals surface area contributed by atoms with Crippen LogP contribution in [0.4, 0.5) is 5.69 Å². The number of fused-ring (bicyclic) bond motifs is 1. The number of benzene rings is 1. The first-order valence-electron chi connectivity index (χ1n) is 10.2. The van der Waals surface area contributed by atoms with E-state index in [0.717, 1.165) is 37.8 Å². The predicted molar refractivity (Wildman–Crippen MR) is 111 cm³/mol. The summed E-state index contributed by atoms with van der Waals surface area (Å²) in [7, 11) is 1.78. The molecule has 1 aliphatic rings. The molecule has 2 aromatic rings. The highest BCUT2D eigenvalue weighted by Crippen LogP contribution is 2.23. The maximum Gasteiger partial charge on any atom is 0.291 e. The van der Waals surface area contributed by atoms with E-state index in [1.165, 1.54) is 6.92 Å². The molecule has 1 aromatic heterocycles. The fourth-order valence-electron chi connectivity index (χ4n) is 3.57. The number of aromatic nitrogens is 2. The average Bonchev–Trinajstić information content (AvgIpc) is 3.11. The van der Waals surface area contributed by atoms with E-state index in [2.05, 4.69) is 17.2 Å². The van der Waals surface area contributed by atoms with Crippen LogP contribution in [0.3, 0.4) is 0 Å². The molecule has 1 aromatic carbocycles. The van der Waals surface area contributed by atoms with Gasteiger partial charge in [0.05, 0.1) is 5.69 Å². The number of nitrogens with one attached hydrogen (secondary N) is 1. The van der Waals surface area contributed by atoms with Gasteiger partial charge in [-0.3, -0.25) is 14.4 Å². The van der Waals surface area contributed by atoms with Crippen molar-refractivity contribution in [3.05, 3.63) is 47.0 Å². The first-order chi connectivity index (χ1) is 13.9. The van der Waals surface area contributed by atoms with Crippen molar-refractivity contribution < 1.29 is 14.4 Å². The second kappa shape index (κ2) is 9.03. The number of carbonyl (C=O) groups is 3. The fraction of sp³-hybridized carbons (Fsp3) is 0.455. The van der Waals surface area contributed by atoms with Gasteiger partial charge in [0.25, 0.3) is 11.8 Å². The van der Waals surface area contributed by atoms with Crippen molar-refractivity contribution in [1.29, 1.82) is 0 Å². The molecule has 7 nitrogen and oxygen atoms in total. The van der Waals surface area contributed by atoms with E-state index in [1.54, 1.807) is 36.2 Å².